The first-order chi connectivity index (χ1) is 18.5. The van der Waals surface area contributed by atoms with Gasteiger partial charge in [0.1, 0.15) is 18.0 Å². The summed E-state index contributed by atoms with van der Waals surface area (Å²) in [4.78, 5) is 36.7. The Kier molecular flexibility index (Phi) is 12.9. The molecular formula is C33H55NO7. The van der Waals surface area contributed by atoms with Crippen molar-refractivity contribution in [3.05, 3.63) is 29.3 Å². The first kappa shape index (κ1) is 36.4. The maximum atomic E-state index is 12.7. The lowest BCUT2D eigenvalue weighted by Gasteiger charge is -2.32. The summed E-state index contributed by atoms with van der Waals surface area (Å²) in [6.07, 6.45) is -0.661. The normalized spacial score (nSPS) is 15.6. The van der Waals surface area contributed by atoms with Gasteiger partial charge in [-0.05, 0) is 74.5 Å². The summed E-state index contributed by atoms with van der Waals surface area (Å²) in [6, 6.07) is 5.40. The Morgan fingerprint density at radius 3 is 1.98 bits per heavy atom. The van der Waals surface area contributed by atoms with Gasteiger partial charge in [-0.25, -0.2) is 4.79 Å². The maximum Gasteiger partial charge on any atom is 0.407 e. The van der Waals surface area contributed by atoms with Crippen molar-refractivity contribution in [2.24, 2.45) is 23.2 Å². The van der Waals surface area contributed by atoms with Gasteiger partial charge in [-0.1, -0.05) is 74.4 Å². The minimum Gasteiger partial charge on any atom is -0.486 e. The lowest BCUT2D eigenvalue weighted by Crippen LogP contribution is -2.47. The molecule has 3 N–H and O–H groups in total. The number of aliphatic hydroxyl groups excluding tert-OH is 1. The molecule has 8 nitrogen and oxygen atoms in total. The highest BCUT2D eigenvalue weighted by molar-refractivity contribution is 5.85. The fourth-order valence-corrected chi connectivity index (χ4v) is 4.41. The zero-order valence-corrected chi connectivity index (χ0v) is 27.4. The summed E-state index contributed by atoms with van der Waals surface area (Å²) in [6.45, 7) is 22.9. The van der Waals surface area contributed by atoms with Gasteiger partial charge in [0.05, 0.1) is 18.1 Å². The molecule has 1 amide bonds. The number of hydrogen-bond donors (Lipinski definition) is 3. The molecule has 0 saturated heterocycles. The predicted octanol–water partition coefficient (Wildman–Crippen LogP) is 6.55. The molecule has 0 radical (unpaired) electrons. The van der Waals surface area contributed by atoms with Crippen LogP contribution in [0.3, 0.4) is 0 Å². The van der Waals surface area contributed by atoms with Crippen molar-refractivity contribution in [2.75, 3.05) is 6.61 Å². The molecule has 1 rings (SSSR count). The molecule has 0 heterocycles. The number of carbonyl (C=O) groups excluding carboxylic acids is 2. The number of alkyl carbamates (subject to hydrolysis) is 1. The van der Waals surface area contributed by atoms with Crippen LogP contribution in [-0.2, 0) is 26.2 Å². The van der Waals surface area contributed by atoms with E-state index in [4.69, 9.17) is 9.47 Å². The number of aliphatic carboxylic acids is 1. The van der Waals surface area contributed by atoms with Crippen molar-refractivity contribution in [3.8, 4) is 5.75 Å². The number of carboxylic acid groups (broad SMARTS) is 1. The van der Waals surface area contributed by atoms with Crippen molar-refractivity contribution >= 4 is 17.8 Å². The molecule has 234 valence electrons. The van der Waals surface area contributed by atoms with Crippen LogP contribution in [0.15, 0.2) is 18.2 Å². The maximum absolute atomic E-state index is 12.7. The van der Waals surface area contributed by atoms with Crippen LogP contribution in [0.4, 0.5) is 4.79 Å². The largest absolute Gasteiger partial charge is 0.486 e. The molecular weight excluding hydrogens is 522 g/mol. The standard InChI is InChI=1S/C33H55NO7/c1-20(2)23(18-25(26(35)15-21(3)29(37)38)34-30(39)41-33(10,11)12)16-22-13-14-24(31(4,5)6)27(17-22)40-19-28(36)32(7,8)9/h13-14,17,20-21,23,25-26,35H,15-16,18-19H2,1-12H3,(H,34,39)(H,37,38)/t21?,23-,25-,26-/m0/s1. The van der Waals surface area contributed by atoms with Gasteiger partial charge in [-0.15, -0.1) is 0 Å². The number of ether oxygens (including phenoxy) is 2. The van der Waals surface area contributed by atoms with Crippen molar-refractivity contribution in [1.82, 2.24) is 5.32 Å². The molecule has 0 saturated carbocycles. The molecule has 1 unspecified atom stereocenters. The van der Waals surface area contributed by atoms with Crippen molar-refractivity contribution < 1.29 is 34.1 Å². The molecule has 0 aromatic heterocycles. The van der Waals surface area contributed by atoms with Gasteiger partial charge in [0.2, 0.25) is 0 Å². The number of benzene rings is 1. The van der Waals surface area contributed by atoms with Crippen LogP contribution in [-0.4, -0.2) is 52.4 Å². The summed E-state index contributed by atoms with van der Waals surface area (Å²) in [5.41, 5.74) is 0.608. The van der Waals surface area contributed by atoms with Crippen LogP contribution in [0, 0.1) is 23.2 Å². The second-order valence-electron chi connectivity index (χ2n) is 14.8. The molecule has 8 heteroatoms. The van der Waals surface area contributed by atoms with E-state index in [1.807, 2.05) is 32.9 Å². The molecule has 0 spiro atoms. The van der Waals surface area contributed by atoms with Crippen LogP contribution in [0.25, 0.3) is 0 Å². The number of amides is 1. The van der Waals surface area contributed by atoms with E-state index in [2.05, 4.69) is 46.0 Å². The van der Waals surface area contributed by atoms with Crippen molar-refractivity contribution in [1.29, 1.82) is 0 Å². The Hall–Kier alpha value is -2.61. The molecule has 0 bridgehead atoms. The quantitative estimate of drug-likeness (QED) is 0.243. The number of ketones is 1. The fourth-order valence-electron chi connectivity index (χ4n) is 4.41. The van der Waals surface area contributed by atoms with Crippen LogP contribution >= 0.6 is 0 Å². The lowest BCUT2D eigenvalue weighted by atomic mass is 9.80. The molecule has 0 fully saturated rings. The molecule has 0 aliphatic rings. The molecule has 1 aromatic carbocycles. The van der Waals surface area contributed by atoms with Crippen molar-refractivity contribution in [3.63, 3.8) is 0 Å². The second-order valence-corrected chi connectivity index (χ2v) is 14.8. The second kappa shape index (κ2) is 14.5. The Morgan fingerprint density at radius 2 is 1.51 bits per heavy atom. The van der Waals surface area contributed by atoms with E-state index in [1.54, 1.807) is 27.7 Å². The van der Waals surface area contributed by atoms with Gasteiger partial charge < -0.3 is 25.0 Å². The highest BCUT2D eigenvalue weighted by Gasteiger charge is 2.31. The number of rotatable bonds is 13. The van der Waals surface area contributed by atoms with E-state index in [0.29, 0.717) is 18.6 Å². The number of nitrogens with one attached hydrogen (secondary N) is 1. The fraction of sp³-hybridized carbons (Fsp3) is 0.727. The number of hydrogen-bond acceptors (Lipinski definition) is 6. The van der Waals surface area contributed by atoms with Gasteiger partial charge in [-0.3, -0.25) is 9.59 Å². The van der Waals surface area contributed by atoms with E-state index in [0.717, 1.165) is 11.1 Å². The smallest absolute Gasteiger partial charge is 0.407 e. The number of carboxylic acids is 1. The summed E-state index contributed by atoms with van der Waals surface area (Å²) in [5.74, 6) is -0.856. The Balaban J connectivity index is 3.30. The average Bonchev–Trinajstić information content (AvgIpc) is 2.78. The molecule has 0 aliphatic carbocycles. The van der Waals surface area contributed by atoms with Crippen LogP contribution in [0.2, 0.25) is 0 Å². The summed E-state index contributed by atoms with van der Waals surface area (Å²) < 4.78 is 11.5. The van der Waals surface area contributed by atoms with Crippen LogP contribution in [0.1, 0.15) is 107 Å². The summed E-state index contributed by atoms with van der Waals surface area (Å²) in [7, 11) is 0. The SMILES string of the molecule is CC(C[C@H](O)[C@H](C[C@H](Cc1ccc(C(C)(C)C)c(OCC(=O)C(C)(C)C)c1)C(C)C)NC(=O)OC(C)(C)C)C(=O)O. The van der Waals surface area contributed by atoms with E-state index < -0.39 is 41.1 Å². The monoisotopic (exact) mass is 577 g/mol. The van der Waals surface area contributed by atoms with Gasteiger partial charge in [0.15, 0.2) is 5.78 Å². The first-order valence-electron chi connectivity index (χ1n) is 14.7. The Bertz CT molecular complexity index is 1030. The zero-order chi connectivity index (χ0) is 31.9. The first-order valence-corrected chi connectivity index (χ1v) is 14.7. The minimum atomic E-state index is -1.07. The van der Waals surface area contributed by atoms with E-state index in [1.165, 1.54) is 0 Å². The lowest BCUT2D eigenvalue weighted by molar-refractivity contribution is -0.142. The molecule has 4 atom stereocenters. The number of aliphatic hydroxyl groups is 1. The van der Waals surface area contributed by atoms with Crippen molar-refractivity contribution in [2.45, 2.75) is 126 Å². The molecule has 1 aromatic rings. The molecule has 41 heavy (non-hydrogen) atoms. The number of carbonyl (C=O) groups is 3. The summed E-state index contributed by atoms with van der Waals surface area (Å²) in [5, 5.41) is 23.2. The van der Waals surface area contributed by atoms with Crippen LogP contribution < -0.4 is 10.1 Å². The Morgan fingerprint density at radius 1 is 0.927 bits per heavy atom. The Labute approximate surface area is 247 Å². The predicted molar refractivity (Wildman–Crippen MR) is 162 cm³/mol. The van der Waals surface area contributed by atoms with E-state index in [9.17, 15) is 24.6 Å². The van der Waals surface area contributed by atoms with Gasteiger partial charge >= 0.3 is 12.1 Å². The average molecular weight is 578 g/mol. The van der Waals surface area contributed by atoms with Gasteiger partial charge in [-0.2, -0.15) is 0 Å². The highest BCUT2D eigenvalue weighted by atomic mass is 16.6. The highest BCUT2D eigenvalue weighted by Crippen LogP contribution is 2.34. The zero-order valence-electron chi connectivity index (χ0n) is 27.4. The van der Waals surface area contributed by atoms with E-state index >= 15 is 0 Å². The number of Topliss-reactive ketones (excluding diaryl/α,β-unsaturated/α-hetero) is 1. The molecule has 0 aliphatic heterocycles. The van der Waals surface area contributed by atoms with E-state index in [-0.39, 0.29) is 36.1 Å². The topological polar surface area (TPSA) is 122 Å². The van der Waals surface area contributed by atoms with Gasteiger partial charge in [0.25, 0.3) is 0 Å². The minimum absolute atomic E-state index is 0.000681. The third-order valence-corrected chi connectivity index (χ3v) is 7.23. The summed E-state index contributed by atoms with van der Waals surface area (Å²) >= 11 is 0. The van der Waals surface area contributed by atoms with Gasteiger partial charge in [0, 0.05) is 5.41 Å². The third-order valence-electron chi connectivity index (χ3n) is 7.23. The third kappa shape index (κ3) is 12.8. The van der Waals surface area contributed by atoms with Crippen LogP contribution in [0.5, 0.6) is 5.75 Å².